The van der Waals surface area contributed by atoms with Crippen LogP contribution in [-0.2, 0) is 11.2 Å². The van der Waals surface area contributed by atoms with Gasteiger partial charge < -0.3 is 4.74 Å². The molecule has 2 aromatic carbocycles. The molecule has 0 spiro atoms. The second-order valence-electron chi connectivity index (χ2n) is 4.37. The third kappa shape index (κ3) is 3.54. The Hall–Kier alpha value is -2.42. The molecule has 0 N–H and O–H groups in total. The smallest absolute Gasteiger partial charge is 0.344 e. The Kier molecular flexibility index (Phi) is 4.66. The first-order chi connectivity index (χ1) is 9.70. The lowest BCUT2D eigenvalue weighted by atomic mass is 10.1. The third-order valence-corrected chi connectivity index (χ3v) is 2.90. The lowest BCUT2D eigenvalue weighted by molar-refractivity contribution is 0.0715. The highest BCUT2D eigenvalue weighted by molar-refractivity contribution is 5.98. The molecule has 0 unspecified atom stereocenters. The summed E-state index contributed by atoms with van der Waals surface area (Å²) in [6, 6.07) is 16.7. The molecule has 20 heavy (non-hydrogen) atoms. The van der Waals surface area contributed by atoms with Crippen LogP contribution in [0.25, 0.3) is 0 Å². The van der Waals surface area contributed by atoms with Crippen LogP contribution in [0.5, 0.6) is 0 Å². The van der Waals surface area contributed by atoms with Crippen LogP contribution < -0.4 is 0 Å². The second-order valence-corrected chi connectivity index (χ2v) is 4.37. The average molecular weight is 267 g/mol. The highest BCUT2D eigenvalue weighted by atomic mass is 16.5. The van der Waals surface area contributed by atoms with Crippen molar-refractivity contribution in [2.24, 2.45) is 4.99 Å². The van der Waals surface area contributed by atoms with Crippen molar-refractivity contribution < 1.29 is 9.53 Å². The van der Waals surface area contributed by atoms with E-state index in [1.165, 1.54) is 0 Å². The summed E-state index contributed by atoms with van der Waals surface area (Å²) in [5, 5.41) is 0. The molecule has 0 aliphatic carbocycles. The highest BCUT2D eigenvalue weighted by Gasteiger charge is 2.08. The number of ether oxygens (including phenoxy) is 1. The molecule has 0 aliphatic rings. The number of hydrogen-bond donors (Lipinski definition) is 0. The topological polar surface area (TPSA) is 38.7 Å². The first kappa shape index (κ1) is 14.0. The van der Waals surface area contributed by atoms with Gasteiger partial charge in [-0.25, -0.2) is 9.79 Å². The van der Waals surface area contributed by atoms with E-state index >= 15 is 0 Å². The summed E-state index contributed by atoms with van der Waals surface area (Å²) in [6.07, 6.45) is 0.888. The number of hydrogen-bond acceptors (Lipinski definition) is 3. The molecule has 0 bridgehead atoms. The number of para-hydroxylation sites is 1. The standard InChI is InChI=1S/C17H17NO2/c1-3-14-9-7-8-12-16(14)18-13(2)20-17(19)15-10-5-4-6-11-15/h4-12H,3H2,1-2H3. The van der Waals surface area contributed by atoms with Crippen LogP contribution in [0.15, 0.2) is 59.6 Å². The minimum atomic E-state index is -0.388. The minimum absolute atomic E-state index is 0.347. The zero-order valence-electron chi connectivity index (χ0n) is 11.7. The van der Waals surface area contributed by atoms with Gasteiger partial charge in [-0.05, 0) is 30.2 Å². The van der Waals surface area contributed by atoms with Crippen LogP contribution in [0.1, 0.15) is 29.8 Å². The van der Waals surface area contributed by atoms with Crippen molar-refractivity contribution >= 4 is 17.6 Å². The molecule has 0 aromatic heterocycles. The Morgan fingerprint density at radius 2 is 1.70 bits per heavy atom. The van der Waals surface area contributed by atoms with Gasteiger partial charge in [0.2, 0.25) is 0 Å². The Morgan fingerprint density at radius 3 is 2.40 bits per heavy atom. The summed E-state index contributed by atoms with van der Waals surface area (Å²) in [5.41, 5.74) is 2.49. The first-order valence-corrected chi connectivity index (χ1v) is 6.61. The van der Waals surface area contributed by atoms with Gasteiger partial charge in [0.1, 0.15) is 0 Å². The van der Waals surface area contributed by atoms with E-state index in [1.54, 1.807) is 31.2 Å². The molecule has 0 radical (unpaired) electrons. The van der Waals surface area contributed by atoms with E-state index in [0.29, 0.717) is 11.5 Å². The summed E-state index contributed by atoms with van der Waals surface area (Å²) >= 11 is 0. The largest absolute Gasteiger partial charge is 0.408 e. The van der Waals surface area contributed by atoms with Gasteiger partial charge in [0.25, 0.3) is 0 Å². The molecule has 0 saturated carbocycles. The molecule has 3 nitrogen and oxygen atoms in total. The van der Waals surface area contributed by atoms with Crippen LogP contribution in [0, 0.1) is 0 Å². The number of aliphatic imine (C=N–C) groups is 1. The predicted molar refractivity (Wildman–Crippen MR) is 80.4 cm³/mol. The van der Waals surface area contributed by atoms with Gasteiger partial charge in [-0.15, -0.1) is 0 Å². The summed E-state index contributed by atoms with van der Waals surface area (Å²) in [6.45, 7) is 3.76. The van der Waals surface area contributed by atoms with Crippen molar-refractivity contribution in [3.8, 4) is 0 Å². The monoisotopic (exact) mass is 267 g/mol. The van der Waals surface area contributed by atoms with Gasteiger partial charge >= 0.3 is 5.97 Å². The lowest BCUT2D eigenvalue weighted by Gasteiger charge is -2.06. The quantitative estimate of drug-likeness (QED) is 0.476. The molecule has 0 amide bonds. The molecule has 102 valence electrons. The zero-order chi connectivity index (χ0) is 14.4. The molecule has 0 atom stereocenters. The Bertz CT molecular complexity index is 618. The van der Waals surface area contributed by atoms with Gasteiger partial charge in [-0.3, -0.25) is 0 Å². The minimum Gasteiger partial charge on any atom is -0.408 e. The van der Waals surface area contributed by atoms with E-state index in [1.807, 2.05) is 30.3 Å². The number of nitrogens with zero attached hydrogens (tertiary/aromatic N) is 1. The maximum Gasteiger partial charge on any atom is 0.344 e. The summed E-state index contributed by atoms with van der Waals surface area (Å²) in [4.78, 5) is 16.3. The normalized spacial score (nSPS) is 11.2. The Balaban J connectivity index is 2.13. The third-order valence-electron chi connectivity index (χ3n) is 2.90. The lowest BCUT2D eigenvalue weighted by Crippen LogP contribution is -2.09. The molecule has 3 heteroatoms. The van der Waals surface area contributed by atoms with Crippen LogP contribution in [-0.4, -0.2) is 11.9 Å². The molecule has 0 fully saturated rings. The van der Waals surface area contributed by atoms with Gasteiger partial charge in [-0.2, -0.15) is 0 Å². The first-order valence-electron chi connectivity index (χ1n) is 6.61. The molecule has 0 saturated heterocycles. The maximum atomic E-state index is 11.9. The van der Waals surface area contributed by atoms with Crippen LogP contribution in [0.3, 0.4) is 0 Å². The Morgan fingerprint density at radius 1 is 1.05 bits per heavy atom. The average Bonchev–Trinajstić information content (AvgIpc) is 2.48. The van der Waals surface area contributed by atoms with Crippen LogP contribution in [0.4, 0.5) is 5.69 Å². The van der Waals surface area contributed by atoms with Crippen molar-refractivity contribution in [1.29, 1.82) is 0 Å². The molecule has 0 aliphatic heterocycles. The van der Waals surface area contributed by atoms with Gasteiger partial charge in [0, 0.05) is 6.92 Å². The summed E-state index contributed by atoms with van der Waals surface area (Å²) < 4.78 is 5.25. The van der Waals surface area contributed by atoms with Gasteiger partial charge in [0.05, 0.1) is 11.3 Å². The SMILES string of the molecule is CCc1ccccc1N=C(C)OC(=O)c1ccccc1. The van der Waals surface area contributed by atoms with Crippen molar-refractivity contribution in [3.63, 3.8) is 0 Å². The number of benzene rings is 2. The van der Waals surface area contributed by atoms with Crippen LogP contribution >= 0.6 is 0 Å². The molecule has 2 aromatic rings. The van der Waals surface area contributed by atoms with E-state index in [4.69, 9.17) is 4.74 Å². The van der Waals surface area contributed by atoms with E-state index in [-0.39, 0.29) is 5.97 Å². The summed E-state index contributed by atoms with van der Waals surface area (Å²) in [5.74, 6) is -0.0411. The van der Waals surface area contributed by atoms with Crippen LogP contribution in [0.2, 0.25) is 0 Å². The number of carbonyl (C=O) groups is 1. The van der Waals surface area contributed by atoms with Gasteiger partial charge in [0.15, 0.2) is 5.90 Å². The van der Waals surface area contributed by atoms with Crippen molar-refractivity contribution in [2.75, 3.05) is 0 Å². The molecule has 2 rings (SSSR count). The van der Waals surface area contributed by atoms with E-state index < -0.39 is 0 Å². The van der Waals surface area contributed by atoms with Crippen molar-refractivity contribution in [2.45, 2.75) is 20.3 Å². The number of esters is 1. The number of rotatable bonds is 3. The maximum absolute atomic E-state index is 11.9. The fraction of sp³-hybridized carbons (Fsp3) is 0.176. The fourth-order valence-corrected chi connectivity index (χ4v) is 1.88. The fourth-order valence-electron chi connectivity index (χ4n) is 1.88. The number of aryl methyl sites for hydroxylation is 1. The van der Waals surface area contributed by atoms with E-state index in [0.717, 1.165) is 17.7 Å². The Labute approximate surface area is 118 Å². The van der Waals surface area contributed by atoms with Crippen molar-refractivity contribution in [1.82, 2.24) is 0 Å². The zero-order valence-corrected chi connectivity index (χ0v) is 11.7. The van der Waals surface area contributed by atoms with E-state index in [2.05, 4.69) is 11.9 Å². The van der Waals surface area contributed by atoms with E-state index in [9.17, 15) is 4.79 Å². The predicted octanol–water partition coefficient (Wildman–Crippen LogP) is 4.16. The second kappa shape index (κ2) is 6.66. The highest BCUT2D eigenvalue weighted by Crippen LogP contribution is 2.19. The summed E-state index contributed by atoms with van der Waals surface area (Å²) in [7, 11) is 0. The molecular weight excluding hydrogens is 250 g/mol. The van der Waals surface area contributed by atoms with Crippen molar-refractivity contribution in [3.05, 3.63) is 65.7 Å². The van der Waals surface area contributed by atoms with Gasteiger partial charge in [-0.1, -0.05) is 43.3 Å². The molecular formula is C17H17NO2. The number of carbonyl (C=O) groups excluding carboxylic acids is 1. The molecule has 0 heterocycles.